The van der Waals surface area contributed by atoms with Gasteiger partial charge in [0.15, 0.2) is 0 Å². The molecule has 0 aliphatic rings. The average Bonchev–Trinajstić information content (AvgIpc) is 3.04. The summed E-state index contributed by atoms with van der Waals surface area (Å²) in [5, 5.41) is 17.2. The van der Waals surface area contributed by atoms with Gasteiger partial charge >= 0.3 is 5.69 Å². The van der Waals surface area contributed by atoms with Crippen LogP contribution in [0.4, 0.5) is 11.5 Å². The minimum absolute atomic E-state index is 0.0285. The number of anilines is 1. The van der Waals surface area contributed by atoms with E-state index in [2.05, 4.69) is 15.3 Å². The van der Waals surface area contributed by atoms with Gasteiger partial charge in [0.25, 0.3) is 0 Å². The summed E-state index contributed by atoms with van der Waals surface area (Å²) in [4.78, 5) is 19.4. The van der Waals surface area contributed by atoms with Crippen LogP contribution in [-0.2, 0) is 6.42 Å². The second kappa shape index (κ2) is 7.18. The van der Waals surface area contributed by atoms with Crippen LogP contribution >= 0.6 is 11.3 Å². The molecule has 122 valence electrons. The fourth-order valence-electron chi connectivity index (χ4n) is 2.35. The van der Waals surface area contributed by atoms with E-state index >= 15 is 0 Å². The summed E-state index contributed by atoms with van der Waals surface area (Å²) in [5.74, 6) is 0.304. The third kappa shape index (κ3) is 3.57. The number of hydrogen-bond acceptors (Lipinski definition) is 6. The molecule has 0 fully saturated rings. The maximum atomic E-state index is 11.2. The van der Waals surface area contributed by atoms with Gasteiger partial charge in [-0.05, 0) is 13.0 Å². The van der Waals surface area contributed by atoms with Crippen molar-refractivity contribution in [2.24, 2.45) is 0 Å². The van der Waals surface area contributed by atoms with Crippen molar-refractivity contribution in [1.29, 1.82) is 0 Å². The Bertz CT molecular complexity index is 849. The van der Waals surface area contributed by atoms with Gasteiger partial charge in [-0.2, -0.15) is 0 Å². The summed E-state index contributed by atoms with van der Waals surface area (Å²) in [6.07, 6.45) is 2.25. The van der Waals surface area contributed by atoms with E-state index in [0.717, 1.165) is 16.3 Å². The molecule has 0 unspecified atom stereocenters. The smallest absolute Gasteiger partial charge is 0.314 e. The molecule has 0 aliphatic carbocycles. The zero-order valence-corrected chi connectivity index (χ0v) is 13.9. The van der Waals surface area contributed by atoms with Gasteiger partial charge in [0.2, 0.25) is 5.82 Å². The second-order valence-corrected chi connectivity index (χ2v) is 6.13. The lowest BCUT2D eigenvalue weighted by atomic mass is 10.2. The topological polar surface area (TPSA) is 81.0 Å². The first-order valence-electron chi connectivity index (χ1n) is 7.49. The van der Waals surface area contributed by atoms with Crippen molar-refractivity contribution in [1.82, 2.24) is 9.97 Å². The Morgan fingerprint density at radius 1 is 1.25 bits per heavy atom. The lowest BCUT2D eigenvalue weighted by molar-refractivity contribution is -0.384. The SMILES string of the molecule is Cc1ccnc(NCCc2csc(-c3ccccc3)n2)c1[N+](=O)[O-]. The van der Waals surface area contributed by atoms with Crippen LogP contribution < -0.4 is 5.32 Å². The number of pyridine rings is 1. The second-order valence-electron chi connectivity index (χ2n) is 5.27. The fraction of sp³-hybridized carbons (Fsp3) is 0.176. The predicted molar refractivity (Wildman–Crippen MR) is 95.4 cm³/mol. The molecule has 0 saturated heterocycles. The first-order valence-corrected chi connectivity index (χ1v) is 8.37. The molecule has 0 atom stereocenters. The molecule has 0 aliphatic heterocycles. The molecule has 1 aromatic carbocycles. The number of rotatable bonds is 6. The molecule has 7 heteroatoms. The van der Waals surface area contributed by atoms with Gasteiger partial charge in [0.1, 0.15) is 5.01 Å². The van der Waals surface area contributed by atoms with Crippen molar-refractivity contribution in [2.45, 2.75) is 13.3 Å². The van der Waals surface area contributed by atoms with Crippen molar-refractivity contribution in [3.8, 4) is 10.6 Å². The summed E-state index contributed by atoms with van der Waals surface area (Å²) in [5.41, 5.74) is 2.68. The van der Waals surface area contributed by atoms with Crippen LogP contribution in [0.1, 0.15) is 11.3 Å². The average molecular weight is 340 g/mol. The Balaban J connectivity index is 1.65. The van der Waals surface area contributed by atoms with Gasteiger partial charge in [-0.1, -0.05) is 30.3 Å². The highest BCUT2D eigenvalue weighted by molar-refractivity contribution is 7.13. The molecule has 3 rings (SSSR count). The molecule has 2 heterocycles. The number of thiazole rings is 1. The van der Waals surface area contributed by atoms with Gasteiger partial charge in [-0.15, -0.1) is 11.3 Å². The van der Waals surface area contributed by atoms with Crippen LogP contribution in [0.2, 0.25) is 0 Å². The number of aromatic nitrogens is 2. The molecule has 0 spiro atoms. The normalized spacial score (nSPS) is 10.5. The molecular formula is C17H16N4O2S. The molecule has 3 aromatic rings. The zero-order valence-electron chi connectivity index (χ0n) is 13.1. The van der Waals surface area contributed by atoms with Crippen molar-refractivity contribution in [3.05, 3.63) is 69.3 Å². The van der Waals surface area contributed by atoms with Crippen LogP contribution in [0.15, 0.2) is 48.0 Å². The number of aryl methyl sites for hydroxylation is 1. The minimum atomic E-state index is -0.402. The highest BCUT2D eigenvalue weighted by atomic mass is 32.1. The summed E-state index contributed by atoms with van der Waals surface area (Å²) >= 11 is 1.60. The quantitative estimate of drug-likeness (QED) is 0.540. The van der Waals surface area contributed by atoms with Crippen LogP contribution in [0.3, 0.4) is 0 Å². The largest absolute Gasteiger partial charge is 0.364 e. The van der Waals surface area contributed by atoms with Crippen molar-refractivity contribution < 1.29 is 4.92 Å². The van der Waals surface area contributed by atoms with Gasteiger partial charge in [0, 0.05) is 35.7 Å². The molecule has 0 radical (unpaired) electrons. The lowest BCUT2D eigenvalue weighted by Gasteiger charge is -2.06. The van der Waals surface area contributed by atoms with E-state index in [1.807, 2.05) is 35.7 Å². The maximum Gasteiger partial charge on any atom is 0.314 e. The van der Waals surface area contributed by atoms with E-state index in [0.29, 0.717) is 24.3 Å². The summed E-state index contributed by atoms with van der Waals surface area (Å²) in [7, 11) is 0. The Labute approximate surface area is 143 Å². The fourth-order valence-corrected chi connectivity index (χ4v) is 3.21. The number of nitrogens with zero attached hydrogens (tertiary/aromatic N) is 3. The van der Waals surface area contributed by atoms with Crippen LogP contribution in [-0.4, -0.2) is 21.4 Å². The van der Waals surface area contributed by atoms with E-state index < -0.39 is 4.92 Å². The zero-order chi connectivity index (χ0) is 16.9. The van der Waals surface area contributed by atoms with Gasteiger partial charge in [0.05, 0.1) is 10.6 Å². The van der Waals surface area contributed by atoms with Crippen molar-refractivity contribution >= 4 is 22.8 Å². The molecule has 1 N–H and O–H groups in total. The highest BCUT2D eigenvalue weighted by Crippen LogP contribution is 2.26. The Morgan fingerprint density at radius 2 is 2.04 bits per heavy atom. The van der Waals surface area contributed by atoms with Crippen LogP contribution in [0.25, 0.3) is 10.6 Å². The first kappa shape index (κ1) is 16.1. The molecule has 2 aromatic heterocycles. The van der Waals surface area contributed by atoms with Crippen LogP contribution in [0, 0.1) is 17.0 Å². The van der Waals surface area contributed by atoms with E-state index in [1.165, 1.54) is 0 Å². The molecule has 24 heavy (non-hydrogen) atoms. The van der Waals surface area contributed by atoms with Gasteiger partial charge in [-0.3, -0.25) is 10.1 Å². The summed E-state index contributed by atoms with van der Waals surface area (Å²) in [6, 6.07) is 11.6. The molecule has 6 nitrogen and oxygen atoms in total. The Morgan fingerprint density at radius 3 is 2.79 bits per heavy atom. The summed E-state index contributed by atoms with van der Waals surface area (Å²) in [6.45, 7) is 2.24. The molecule has 0 saturated carbocycles. The number of nitro groups is 1. The maximum absolute atomic E-state index is 11.2. The van der Waals surface area contributed by atoms with E-state index in [4.69, 9.17) is 0 Å². The van der Waals surface area contributed by atoms with Crippen molar-refractivity contribution in [3.63, 3.8) is 0 Å². The first-order chi connectivity index (χ1) is 11.6. The Hall–Kier alpha value is -2.80. The van der Waals surface area contributed by atoms with Crippen molar-refractivity contribution in [2.75, 3.05) is 11.9 Å². The van der Waals surface area contributed by atoms with Crippen LogP contribution in [0.5, 0.6) is 0 Å². The van der Waals surface area contributed by atoms with E-state index in [1.54, 1.807) is 30.5 Å². The van der Waals surface area contributed by atoms with Gasteiger partial charge < -0.3 is 5.32 Å². The molecular weight excluding hydrogens is 324 g/mol. The number of benzene rings is 1. The number of hydrogen-bond donors (Lipinski definition) is 1. The minimum Gasteiger partial charge on any atom is -0.364 e. The van der Waals surface area contributed by atoms with E-state index in [-0.39, 0.29) is 5.69 Å². The highest BCUT2D eigenvalue weighted by Gasteiger charge is 2.18. The third-order valence-electron chi connectivity index (χ3n) is 3.55. The predicted octanol–water partition coefficient (Wildman–Crippen LogP) is 4.08. The monoisotopic (exact) mass is 340 g/mol. The van der Waals surface area contributed by atoms with Gasteiger partial charge in [-0.25, -0.2) is 9.97 Å². The Kier molecular flexibility index (Phi) is 4.81. The van der Waals surface area contributed by atoms with E-state index in [9.17, 15) is 10.1 Å². The summed E-state index contributed by atoms with van der Waals surface area (Å²) < 4.78 is 0. The number of nitrogens with one attached hydrogen (secondary N) is 1. The molecule has 0 amide bonds. The standard InChI is InChI=1S/C17H16N4O2S/c1-12-7-9-18-16(15(12)21(22)23)19-10-8-14-11-24-17(20-14)13-5-3-2-4-6-13/h2-7,9,11H,8,10H2,1H3,(H,18,19). The third-order valence-corrected chi connectivity index (χ3v) is 4.49. The lowest BCUT2D eigenvalue weighted by Crippen LogP contribution is -2.09. The molecule has 0 bridgehead atoms.